The number of nitrogens with zero attached hydrogens (tertiary/aromatic N) is 2. The molecule has 0 radical (unpaired) electrons. The summed E-state index contributed by atoms with van der Waals surface area (Å²) < 4.78 is 15.1. The maximum atomic E-state index is 13.4. The molecule has 0 aliphatic heterocycles. The van der Waals surface area contributed by atoms with Gasteiger partial charge in [-0.25, -0.2) is 9.37 Å². The summed E-state index contributed by atoms with van der Waals surface area (Å²) in [7, 11) is 0. The Kier molecular flexibility index (Phi) is 3.57. The van der Waals surface area contributed by atoms with E-state index in [0.717, 1.165) is 0 Å². The maximum absolute atomic E-state index is 13.4. The van der Waals surface area contributed by atoms with Crippen molar-refractivity contribution < 1.29 is 9.18 Å². The van der Waals surface area contributed by atoms with Crippen LogP contribution in [0.2, 0.25) is 0 Å². The molecule has 0 saturated carbocycles. The molecule has 1 amide bonds. The van der Waals surface area contributed by atoms with Crippen molar-refractivity contribution in [2.24, 2.45) is 0 Å². The van der Waals surface area contributed by atoms with Gasteiger partial charge in [-0.1, -0.05) is 0 Å². The molecule has 0 saturated heterocycles. The number of carbonyl (C=O) groups is 1. The lowest BCUT2D eigenvalue weighted by Crippen LogP contribution is -2.15. The molecule has 1 heterocycles. The Balaban J connectivity index is 1.92. The van der Waals surface area contributed by atoms with Gasteiger partial charge in [0.2, 0.25) is 5.91 Å². The van der Waals surface area contributed by atoms with Crippen molar-refractivity contribution in [1.29, 1.82) is 0 Å². The van der Waals surface area contributed by atoms with Gasteiger partial charge < -0.3 is 15.6 Å². The summed E-state index contributed by atoms with van der Waals surface area (Å²) >= 11 is 0. The van der Waals surface area contributed by atoms with Gasteiger partial charge in [-0.15, -0.1) is 0 Å². The molecule has 0 atom stereocenters. The van der Waals surface area contributed by atoms with E-state index < -0.39 is 5.82 Å². The summed E-state index contributed by atoms with van der Waals surface area (Å²) in [6.07, 6.45) is 5.25. The lowest BCUT2D eigenvalue weighted by atomic mass is 10.2. The number of hydrogen-bond acceptors (Lipinski definition) is 3. The highest BCUT2D eigenvalue weighted by molar-refractivity contribution is 5.91. The average Bonchev–Trinajstić information content (AvgIpc) is 2.84. The molecule has 2 aromatic rings. The van der Waals surface area contributed by atoms with Gasteiger partial charge in [-0.3, -0.25) is 4.79 Å². The first-order valence-corrected chi connectivity index (χ1v) is 5.46. The number of carbonyl (C=O) groups excluding carboxylic acids is 1. The van der Waals surface area contributed by atoms with E-state index in [-0.39, 0.29) is 18.0 Å². The Morgan fingerprint density at radius 1 is 1.50 bits per heavy atom. The van der Waals surface area contributed by atoms with Gasteiger partial charge in [0.1, 0.15) is 5.82 Å². The zero-order valence-corrected chi connectivity index (χ0v) is 9.64. The third-order valence-corrected chi connectivity index (χ3v) is 2.42. The second kappa shape index (κ2) is 5.31. The molecule has 0 spiro atoms. The summed E-state index contributed by atoms with van der Waals surface area (Å²) in [5.41, 5.74) is 6.03. The van der Waals surface area contributed by atoms with Crippen LogP contribution in [-0.2, 0) is 11.3 Å². The predicted octanol–water partition coefficient (Wildman–Crippen LogP) is 1.63. The van der Waals surface area contributed by atoms with Crippen LogP contribution < -0.4 is 11.1 Å². The minimum Gasteiger partial charge on any atom is -0.399 e. The van der Waals surface area contributed by atoms with Gasteiger partial charge in [0, 0.05) is 31.0 Å². The molecule has 0 aliphatic rings. The molecule has 0 aliphatic carbocycles. The monoisotopic (exact) mass is 248 g/mol. The number of aryl methyl sites for hydroxylation is 1. The molecule has 2 rings (SSSR count). The number of imidazole rings is 1. The number of hydrogen-bond donors (Lipinski definition) is 2. The standard InChI is InChI=1S/C12H13FN4O/c13-10-2-1-9(14)7-11(10)16-12(18)3-5-17-6-4-15-8-17/h1-2,4,6-8H,3,5,14H2,(H,16,18). The van der Waals surface area contributed by atoms with E-state index in [1.807, 2.05) is 0 Å². The molecular formula is C12H13FN4O. The van der Waals surface area contributed by atoms with E-state index in [9.17, 15) is 9.18 Å². The van der Waals surface area contributed by atoms with E-state index >= 15 is 0 Å². The van der Waals surface area contributed by atoms with E-state index in [0.29, 0.717) is 12.2 Å². The van der Waals surface area contributed by atoms with E-state index in [2.05, 4.69) is 10.3 Å². The first-order valence-electron chi connectivity index (χ1n) is 5.46. The third-order valence-electron chi connectivity index (χ3n) is 2.42. The smallest absolute Gasteiger partial charge is 0.226 e. The number of halogens is 1. The fraction of sp³-hybridized carbons (Fsp3) is 0.167. The van der Waals surface area contributed by atoms with E-state index in [1.165, 1.54) is 18.2 Å². The first-order chi connectivity index (χ1) is 8.65. The van der Waals surface area contributed by atoms with Crippen LogP contribution in [0.15, 0.2) is 36.9 Å². The van der Waals surface area contributed by atoms with Gasteiger partial charge in [0.05, 0.1) is 12.0 Å². The van der Waals surface area contributed by atoms with Crippen molar-refractivity contribution in [3.8, 4) is 0 Å². The van der Waals surface area contributed by atoms with Crippen molar-refractivity contribution in [3.63, 3.8) is 0 Å². The molecule has 0 bridgehead atoms. The van der Waals surface area contributed by atoms with Crippen LogP contribution in [0.3, 0.4) is 0 Å². The third kappa shape index (κ3) is 3.07. The maximum Gasteiger partial charge on any atom is 0.226 e. The Morgan fingerprint density at radius 2 is 2.33 bits per heavy atom. The minimum atomic E-state index is -0.500. The molecule has 1 aromatic carbocycles. The highest BCUT2D eigenvalue weighted by Gasteiger charge is 2.07. The highest BCUT2D eigenvalue weighted by Crippen LogP contribution is 2.17. The fourth-order valence-electron chi connectivity index (χ4n) is 1.50. The van der Waals surface area contributed by atoms with Gasteiger partial charge in [-0.2, -0.15) is 0 Å². The van der Waals surface area contributed by atoms with Gasteiger partial charge in [-0.05, 0) is 18.2 Å². The van der Waals surface area contributed by atoms with Crippen LogP contribution in [0.1, 0.15) is 6.42 Å². The average molecular weight is 248 g/mol. The van der Waals surface area contributed by atoms with E-state index in [1.54, 1.807) is 23.3 Å². The summed E-state index contributed by atoms with van der Waals surface area (Å²) in [4.78, 5) is 15.5. The normalized spacial score (nSPS) is 10.3. The Labute approximate surface area is 103 Å². The number of anilines is 2. The van der Waals surface area contributed by atoms with Gasteiger partial charge in [0.25, 0.3) is 0 Å². The summed E-state index contributed by atoms with van der Waals surface area (Å²) in [6.45, 7) is 0.496. The SMILES string of the molecule is Nc1ccc(F)c(NC(=O)CCn2ccnc2)c1. The molecule has 0 unspecified atom stereocenters. The van der Waals surface area contributed by atoms with Crippen molar-refractivity contribution in [3.05, 3.63) is 42.7 Å². The molecular weight excluding hydrogens is 235 g/mol. The molecule has 0 fully saturated rings. The lowest BCUT2D eigenvalue weighted by Gasteiger charge is -2.07. The number of rotatable bonds is 4. The van der Waals surface area contributed by atoms with Gasteiger partial charge in [0.15, 0.2) is 0 Å². The van der Waals surface area contributed by atoms with Gasteiger partial charge >= 0.3 is 0 Å². The van der Waals surface area contributed by atoms with Crippen molar-refractivity contribution >= 4 is 17.3 Å². The van der Waals surface area contributed by atoms with Crippen molar-refractivity contribution in [2.75, 3.05) is 11.1 Å². The first kappa shape index (κ1) is 12.1. The van der Waals surface area contributed by atoms with Crippen LogP contribution in [0.5, 0.6) is 0 Å². The Hall–Kier alpha value is -2.37. The van der Waals surface area contributed by atoms with Crippen LogP contribution >= 0.6 is 0 Å². The Bertz CT molecular complexity index is 539. The number of amides is 1. The zero-order valence-electron chi connectivity index (χ0n) is 9.64. The van der Waals surface area contributed by atoms with E-state index in [4.69, 9.17) is 5.73 Å². The topological polar surface area (TPSA) is 72.9 Å². The summed E-state index contributed by atoms with van der Waals surface area (Å²) in [5.74, 6) is -0.770. The van der Waals surface area contributed by atoms with Crippen LogP contribution in [-0.4, -0.2) is 15.5 Å². The quantitative estimate of drug-likeness (QED) is 0.808. The zero-order chi connectivity index (χ0) is 13.0. The number of benzene rings is 1. The highest BCUT2D eigenvalue weighted by atomic mass is 19.1. The lowest BCUT2D eigenvalue weighted by molar-refractivity contribution is -0.116. The van der Waals surface area contributed by atoms with Crippen LogP contribution in [0.4, 0.5) is 15.8 Å². The van der Waals surface area contributed by atoms with Crippen LogP contribution in [0.25, 0.3) is 0 Å². The minimum absolute atomic E-state index is 0.102. The molecule has 1 aromatic heterocycles. The predicted molar refractivity (Wildman–Crippen MR) is 66.3 cm³/mol. The molecule has 18 heavy (non-hydrogen) atoms. The van der Waals surface area contributed by atoms with Crippen molar-refractivity contribution in [1.82, 2.24) is 9.55 Å². The summed E-state index contributed by atoms with van der Waals surface area (Å²) in [6, 6.07) is 4.06. The second-order valence-corrected chi connectivity index (χ2v) is 3.84. The number of aromatic nitrogens is 2. The largest absolute Gasteiger partial charge is 0.399 e. The number of nitrogens with one attached hydrogen (secondary N) is 1. The molecule has 94 valence electrons. The molecule has 3 N–H and O–H groups in total. The summed E-state index contributed by atoms with van der Waals surface area (Å²) in [5, 5.41) is 2.49. The second-order valence-electron chi connectivity index (χ2n) is 3.84. The van der Waals surface area contributed by atoms with Crippen LogP contribution in [0, 0.1) is 5.82 Å². The number of nitrogen functional groups attached to an aromatic ring is 1. The number of nitrogens with two attached hydrogens (primary N) is 1. The Morgan fingerprint density at radius 3 is 3.06 bits per heavy atom. The fourth-order valence-corrected chi connectivity index (χ4v) is 1.50. The molecule has 6 heteroatoms. The molecule has 5 nitrogen and oxygen atoms in total. The van der Waals surface area contributed by atoms with Crippen molar-refractivity contribution in [2.45, 2.75) is 13.0 Å².